The van der Waals surface area contributed by atoms with Gasteiger partial charge in [0.1, 0.15) is 0 Å². The molecule has 6 nitrogen and oxygen atoms in total. The van der Waals surface area contributed by atoms with Crippen LogP contribution in [0.15, 0.2) is 53.5 Å². The molecule has 1 N–H and O–H groups in total. The summed E-state index contributed by atoms with van der Waals surface area (Å²) < 4.78 is 0. The molecule has 0 radical (unpaired) electrons. The lowest BCUT2D eigenvalue weighted by Crippen LogP contribution is -2.36. The maximum Gasteiger partial charge on any atom is 0.269 e. The molecule has 6 heteroatoms. The molecule has 0 amide bonds. The van der Waals surface area contributed by atoms with Crippen molar-refractivity contribution in [3.8, 4) is 0 Å². The van der Waals surface area contributed by atoms with Gasteiger partial charge in [-0.25, -0.2) is 4.99 Å². The number of fused-ring (bicyclic) bond motifs is 2. The number of nitrogens with one attached hydrogen (secondary N) is 1. The third-order valence-corrected chi connectivity index (χ3v) is 4.08. The maximum absolute atomic E-state index is 11.1. The third-order valence-electron chi connectivity index (χ3n) is 4.08. The average molecular weight is 294 g/mol. The fraction of sp³-hybridized carbons (Fsp3) is 0.188. The standard InChI is InChI=1S/C16H14N4O2/c21-20(22)12-6-7-14-13(10-12)15(11-4-2-1-3-5-11)19-9-8-17-16(19)18-14/h1-7,10,15H,8-9H2,(H,17,18). The summed E-state index contributed by atoms with van der Waals surface area (Å²) in [6.07, 6.45) is 0. The molecular weight excluding hydrogens is 280 g/mol. The first kappa shape index (κ1) is 12.8. The van der Waals surface area contributed by atoms with E-state index in [0.717, 1.165) is 35.9 Å². The summed E-state index contributed by atoms with van der Waals surface area (Å²) >= 11 is 0. The molecule has 2 aromatic rings. The van der Waals surface area contributed by atoms with E-state index in [9.17, 15) is 10.1 Å². The molecule has 0 aromatic heterocycles. The molecule has 0 bridgehead atoms. The van der Waals surface area contributed by atoms with E-state index in [-0.39, 0.29) is 16.7 Å². The SMILES string of the molecule is O=[N+]([O-])c1ccc2c(c1)C(c1ccccc1)N1CCNC1=N2. The third kappa shape index (κ3) is 1.92. The fourth-order valence-corrected chi connectivity index (χ4v) is 3.10. The fourth-order valence-electron chi connectivity index (χ4n) is 3.10. The Morgan fingerprint density at radius 3 is 2.82 bits per heavy atom. The van der Waals surface area contributed by atoms with Crippen molar-refractivity contribution in [1.82, 2.24) is 10.2 Å². The predicted molar refractivity (Wildman–Crippen MR) is 83.2 cm³/mol. The molecule has 1 atom stereocenters. The zero-order chi connectivity index (χ0) is 15.1. The molecule has 2 aliphatic heterocycles. The summed E-state index contributed by atoms with van der Waals surface area (Å²) in [4.78, 5) is 17.5. The Labute approximate surface area is 127 Å². The van der Waals surface area contributed by atoms with E-state index in [0.29, 0.717) is 0 Å². The number of benzene rings is 2. The topological polar surface area (TPSA) is 70.8 Å². The highest BCUT2D eigenvalue weighted by molar-refractivity contribution is 5.88. The number of aliphatic imine (C=N–C) groups is 1. The Hall–Kier alpha value is -2.89. The van der Waals surface area contributed by atoms with Gasteiger partial charge in [-0.05, 0) is 11.6 Å². The van der Waals surface area contributed by atoms with Gasteiger partial charge in [-0.3, -0.25) is 10.1 Å². The van der Waals surface area contributed by atoms with Gasteiger partial charge in [0.2, 0.25) is 0 Å². The number of nitro groups is 1. The summed E-state index contributed by atoms with van der Waals surface area (Å²) in [5.41, 5.74) is 2.89. The van der Waals surface area contributed by atoms with Crippen molar-refractivity contribution < 1.29 is 4.92 Å². The van der Waals surface area contributed by atoms with E-state index in [4.69, 9.17) is 0 Å². The van der Waals surface area contributed by atoms with E-state index in [1.165, 1.54) is 6.07 Å². The highest BCUT2D eigenvalue weighted by Crippen LogP contribution is 2.41. The molecule has 110 valence electrons. The molecule has 1 fully saturated rings. The van der Waals surface area contributed by atoms with Crippen LogP contribution in [0, 0.1) is 10.1 Å². The minimum Gasteiger partial charge on any atom is -0.354 e. The van der Waals surface area contributed by atoms with Crippen LogP contribution in [-0.2, 0) is 0 Å². The minimum absolute atomic E-state index is 0.0430. The second-order valence-corrected chi connectivity index (χ2v) is 5.37. The quantitative estimate of drug-likeness (QED) is 0.682. The molecule has 22 heavy (non-hydrogen) atoms. The van der Waals surface area contributed by atoms with Crippen LogP contribution in [0.5, 0.6) is 0 Å². The van der Waals surface area contributed by atoms with E-state index in [1.807, 2.05) is 18.2 Å². The number of hydrogen-bond donors (Lipinski definition) is 1. The van der Waals surface area contributed by atoms with Gasteiger partial charge >= 0.3 is 0 Å². The van der Waals surface area contributed by atoms with Gasteiger partial charge in [0.25, 0.3) is 5.69 Å². The highest BCUT2D eigenvalue weighted by Gasteiger charge is 2.34. The van der Waals surface area contributed by atoms with Gasteiger partial charge in [-0.15, -0.1) is 0 Å². The highest BCUT2D eigenvalue weighted by atomic mass is 16.6. The first-order chi connectivity index (χ1) is 10.7. The maximum atomic E-state index is 11.1. The van der Waals surface area contributed by atoms with Gasteiger partial charge in [0, 0.05) is 30.8 Å². The minimum atomic E-state index is -0.357. The van der Waals surface area contributed by atoms with E-state index >= 15 is 0 Å². The van der Waals surface area contributed by atoms with Gasteiger partial charge in [0.05, 0.1) is 16.7 Å². The molecule has 0 spiro atoms. The van der Waals surface area contributed by atoms with Crippen LogP contribution >= 0.6 is 0 Å². The Kier molecular flexibility index (Phi) is 2.82. The van der Waals surface area contributed by atoms with Crippen LogP contribution in [0.1, 0.15) is 17.2 Å². The predicted octanol–water partition coefficient (Wildman–Crippen LogP) is 2.59. The molecule has 0 saturated carbocycles. The summed E-state index contributed by atoms with van der Waals surface area (Å²) in [5.74, 6) is 0.843. The molecule has 0 aliphatic carbocycles. The molecule has 2 aromatic carbocycles. The van der Waals surface area contributed by atoms with Crippen LogP contribution in [0.2, 0.25) is 0 Å². The van der Waals surface area contributed by atoms with Crippen LogP contribution in [0.25, 0.3) is 0 Å². The van der Waals surface area contributed by atoms with Crippen LogP contribution < -0.4 is 5.32 Å². The summed E-state index contributed by atoms with van der Waals surface area (Å²) in [6, 6.07) is 14.9. The monoisotopic (exact) mass is 294 g/mol. The molecule has 2 aliphatic rings. The Morgan fingerprint density at radius 1 is 1.23 bits per heavy atom. The lowest BCUT2D eigenvalue weighted by atomic mass is 9.94. The number of guanidine groups is 1. The Balaban J connectivity index is 1.91. The smallest absolute Gasteiger partial charge is 0.269 e. The number of nitrogens with zero attached hydrogens (tertiary/aromatic N) is 3. The van der Waals surface area contributed by atoms with Crippen molar-refractivity contribution in [2.45, 2.75) is 6.04 Å². The lowest BCUT2D eigenvalue weighted by molar-refractivity contribution is -0.384. The zero-order valence-electron chi connectivity index (χ0n) is 11.8. The molecule has 1 saturated heterocycles. The first-order valence-electron chi connectivity index (χ1n) is 7.16. The second-order valence-electron chi connectivity index (χ2n) is 5.37. The first-order valence-corrected chi connectivity index (χ1v) is 7.16. The van der Waals surface area contributed by atoms with Crippen molar-refractivity contribution in [1.29, 1.82) is 0 Å². The zero-order valence-corrected chi connectivity index (χ0v) is 11.8. The molecule has 1 unspecified atom stereocenters. The van der Waals surface area contributed by atoms with E-state index < -0.39 is 0 Å². The summed E-state index contributed by atoms with van der Waals surface area (Å²) in [6.45, 7) is 1.67. The molecular formula is C16H14N4O2. The average Bonchev–Trinajstić information content (AvgIpc) is 3.00. The van der Waals surface area contributed by atoms with Crippen LogP contribution in [0.3, 0.4) is 0 Å². The van der Waals surface area contributed by atoms with Gasteiger partial charge in [-0.1, -0.05) is 30.3 Å². The number of hydrogen-bond acceptors (Lipinski definition) is 5. The second kappa shape index (κ2) is 4.84. The summed E-state index contributed by atoms with van der Waals surface area (Å²) in [7, 11) is 0. The van der Waals surface area contributed by atoms with Gasteiger partial charge in [-0.2, -0.15) is 0 Å². The van der Waals surface area contributed by atoms with Crippen molar-refractivity contribution in [2.75, 3.05) is 13.1 Å². The van der Waals surface area contributed by atoms with Crippen LogP contribution in [0.4, 0.5) is 11.4 Å². The van der Waals surface area contributed by atoms with E-state index in [2.05, 4.69) is 27.3 Å². The largest absolute Gasteiger partial charge is 0.354 e. The van der Waals surface area contributed by atoms with Gasteiger partial charge < -0.3 is 10.2 Å². The number of non-ortho nitro benzene ring substituents is 1. The summed E-state index contributed by atoms with van der Waals surface area (Å²) in [5, 5.41) is 14.4. The van der Waals surface area contributed by atoms with Gasteiger partial charge in [0.15, 0.2) is 5.96 Å². The number of rotatable bonds is 2. The number of nitro benzene ring substituents is 1. The van der Waals surface area contributed by atoms with Crippen LogP contribution in [-0.4, -0.2) is 28.9 Å². The lowest BCUT2D eigenvalue weighted by Gasteiger charge is -2.33. The van der Waals surface area contributed by atoms with Crippen molar-refractivity contribution >= 4 is 17.3 Å². The Bertz CT molecular complexity index is 773. The normalized spacial score (nSPS) is 19.0. The van der Waals surface area contributed by atoms with Crippen molar-refractivity contribution in [2.24, 2.45) is 4.99 Å². The Morgan fingerprint density at radius 2 is 2.05 bits per heavy atom. The van der Waals surface area contributed by atoms with E-state index in [1.54, 1.807) is 12.1 Å². The molecule has 4 rings (SSSR count). The molecule has 2 heterocycles. The van der Waals surface area contributed by atoms with Crippen molar-refractivity contribution in [3.05, 3.63) is 69.8 Å². The van der Waals surface area contributed by atoms with Crippen molar-refractivity contribution in [3.63, 3.8) is 0 Å².